The van der Waals surface area contributed by atoms with E-state index in [9.17, 15) is 4.79 Å². The summed E-state index contributed by atoms with van der Waals surface area (Å²) >= 11 is 1.68. The van der Waals surface area contributed by atoms with E-state index >= 15 is 0 Å². The fraction of sp³-hybridized carbons (Fsp3) is 0.312. The highest BCUT2D eigenvalue weighted by Crippen LogP contribution is 2.22. The summed E-state index contributed by atoms with van der Waals surface area (Å²) in [5, 5.41) is 5.06. The Labute approximate surface area is 128 Å². The molecule has 21 heavy (non-hydrogen) atoms. The Hall–Kier alpha value is -1.69. The standard InChI is InChI=1S/C16H19N3OS/c1-11-7-8-21-15(11)10-17-16(20)14-9-13(18-19-14)12-5-3-2-4-6-12/h2-8,13-14,18-19H,9-10H2,1H3,(H,17,20). The highest BCUT2D eigenvalue weighted by atomic mass is 32.1. The van der Waals surface area contributed by atoms with Crippen LogP contribution in [0.2, 0.25) is 0 Å². The Balaban J connectivity index is 1.54. The van der Waals surface area contributed by atoms with Gasteiger partial charge in [-0.05, 0) is 35.9 Å². The maximum absolute atomic E-state index is 12.2. The summed E-state index contributed by atoms with van der Waals surface area (Å²) in [5.41, 5.74) is 8.73. The molecule has 1 saturated heterocycles. The van der Waals surface area contributed by atoms with Crippen molar-refractivity contribution in [2.45, 2.75) is 32.0 Å². The maximum atomic E-state index is 12.2. The first-order valence-corrected chi connectivity index (χ1v) is 7.98. The third kappa shape index (κ3) is 3.32. The molecule has 2 aromatic rings. The third-order valence-corrected chi connectivity index (χ3v) is 4.84. The second-order valence-electron chi connectivity index (χ2n) is 5.28. The fourth-order valence-electron chi connectivity index (χ4n) is 2.51. The van der Waals surface area contributed by atoms with E-state index in [-0.39, 0.29) is 18.0 Å². The summed E-state index contributed by atoms with van der Waals surface area (Å²) in [4.78, 5) is 13.4. The average molecular weight is 301 g/mol. The monoisotopic (exact) mass is 301 g/mol. The largest absolute Gasteiger partial charge is 0.350 e. The zero-order chi connectivity index (χ0) is 14.7. The van der Waals surface area contributed by atoms with Crippen LogP contribution in [0, 0.1) is 6.92 Å². The second kappa shape index (κ2) is 6.39. The predicted molar refractivity (Wildman–Crippen MR) is 84.8 cm³/mol. The summed E-state index contributed by atoms with van der Waals surface area (Å²) in [5.74, 6) is 0.0498. The number of hydrazine groups is 1. The number of carbonyl (C=O) groups excluding carboxylic acids is 1. The molecule has 3 rings (SSSR count). The first-order chi connectivity index (χ1) is 10.2. The number of benzene rings is 1. The summed E-state index contributed by atoms with van der Waals surface area (Å²) in [6.45, 7) is 2.68. The number of hydrogen-bond donors (Lipinski definition) is 3. The predicted octanol–water partition coefficient (Wildman–Crippen LogP) is 2.28. The van der Waals surface area contributed by atoms with Crippen LogP contribution in [0.25, 0.3) is 0 Å². The smallest absolute Gasteiger partial charge is 0.238 e. The van der Waals surface area contributed by atoms with Gasteiger partial charge in [0.2, 0.25) is 5.91 Å². The Morgan fingerprint density at radius 2 is 2.10 bits per heavy atom. The van der Waals surface area contributed by atoms with Crippen molar-refractivity contribution in [1.82, 2.24) is 16.2 Å². The topological polar surface area (TPSA) is 53.2 Å². The lowest BCUT2D eigenvalue weighted by Gasteiger charge is -2.10. The van der Waals surface area contributed by atoms with Crippen molar-refractivity contribution in [3.05, 3.63) is 57.8 Å². The molecule has 1 fully saturated rings. The zero-order valence-electron chi connectivity index (χ0n) is 11.9. The van der Waals surface area contributed by atoms with Gasteiger partial charge in [-0.15, -0.1) is 11.3 Å². The van der Waals surface area contributed by atoms with Gasteiger partial charge in [0.05, 0.1) is 6.54 Å². The van der Waals surface area contributed by atoms with Crippen LogP contribution in [-0.2, 0) is 11.3 Å². The molecule has 0 saturated carbocycles. The van der Waals surface area contributed by atoms with Gasteiger partial charge in [0.25, 0.3) is 0 Å². The van der Waals surface area contributed by atoms with Crippen molar-refractivity contribution in [3.63, 3.8) is 0 Å². The summed E-state index contributed by atoms with van der Waals surface area (Å²) in [7, 11) is 0. The number of rotatable bonds is 4. The number of thiophene rings is 1. The first-order valence-electron chi connectivity index (χ1n) is 7.10. The highest BCUT2D eigenvalue weighted by Gasteiger charge is 2.29. The van der Waals surface area contributed by atoms with E-state index in [1.165, 1.54) is 16.0 Å². The van der Waals surface area contributed by atoms with E-state index in [0.717, 1.165) is 6.42 Å². The van der Waals surface area contributed by atoms with E-state index in [1.807, 2.05) is 18.2 Å². The van der Waals surface area contributed by atoms with Gasteiger partial charge >= 0.3 is 0 Å². The van der Waals surface area contributed by atoms with Crippen LogP contribution in [0.5, 0.6) is 0 Å². The lowest BCUT2D eigenvalue weighted by Crippen LogP contribution is -2.42. The molecule has 0 spiro atoms. The van der Waals surface area contributed by atoms with Crippen molar-refractivity contribution in [2.24, 2.45) is 0 Å². The number of amides is 1. The SMILES string of the molecule is Cc1ccsc1CNC(=O)C1CC(c2ccccc2)NN1. The molecule has 1 aromatic carbocycles. The number of carbonyl (C=O) groups is 1. The molecule has 0 radical (unpaired) electrons. The third-order valence-electron chi connectivity index (χ3n) is 3.81. The zero-order valence-corrected chi connectivity index (χ0v) is 12.7. The van der Waals surface area contributed by atoms with Gasteiger partial charge in [-0.2, -0.15) is 0 Å². The normalized spacial score (nSPS) is 21.4. The van der Waals surface area contributed by atoms with Crippen molar-refractivity contribution in [3.8, 4) is 0 Å². The van der Waals surface area contributed by atoms with Crippen molar-refractivity contribution in [2.75, 3.05) is 0 Å². The summed E-state index contributed by atoms with van der Waals surface area (Å²) in [6, 6.07) is 12.3. The van der Waals surface area contributed by atoms with Crippen LogP contribution in [0.3, 0.4) is 0 Å². The van der Waals surface area contributed by atoms with Crippen LogP contribution < -0.4 is 16.2 Å². The molecule has 2 heterocycles. The van der Waals surface area contributed by atoms with Crippen LogP contribution in [0.4, 0.5) is 0 Å². The Bertz CT molecular complexity index is 611. The lowest BCUT2D eigenvalue weighted by atomic mass is 10.0. The molecule has 1 aromatic heterocycles. The van der Waals surface area contributed by atoms with Gasteiger partial charge < -0.3 is 5.32 Å². The molecule has 110 valence electrons. The minimum Gasteiger partial charge on any atom is -0.350 e. The van der Waals surface area contributed by atoms with E-state index < -0.39 is 0 Å². The van der Waals surface area contributed by atoms with Crippen molar-refractivity contribution >= 4 is 17.2 Å². The molecule has 1 aliphatic rings. The van der Waals surface area contributed by atoms with Crippen LogP contribution in [0.1, 0.15) is 28.5 Å². The molecule has 2 unspecified atom stereocenters. The van der Waals surface area contributed by atoms with Gasteiger partial charge in [-0.1, -0.05) is 30.3 Å². The highest BCUT2D eigenvalue weighted by molar-refractivity contribution is 7.10. The fourth-order valence-corrected chi connectivity index (χ4v) is 3.35. The molecule has 0 bridgehead atoms. The van der Waals surface area contributed by atoms with Crippen LogP contribution in [0.15, 0.2) is 41.8 Å². The minimum atomic E-state index is -0.185. The Morgan fingerprint density at radius 1 is 1.29 bits per heavy atom. The van der Waals surface area contributed by atoms with E-state index in [4.69, 9.17) is 0 Å². The Morgan fingerprint density at radius 3 is 2.81 bits per heavy atom. The van der Waals surface area contributed by atoms with Gasteiger partial charge in [-0.3, -0.25) is 4.79 Å². The van der Waals surface area contributed by atoms with Crippen molar-refractivity contribution in [1.29, 1.82) is 0 Å². The number of aryl methyl sites for hydroxylation is 1. The van der Waals surface area contributed by atoms with E-state index in [0.29, 0.717) is 6.54 Å². The molecular formula is C16H19N3OS. The summed E-state index contributed by atoms with van der Waals surface area (Å²) < 4.78 is 0. The van der Waals surface area contributed by atoms with Crippen LogP contribution >= 0.6 is 11.3 Å². The molecule has 4 nitrogen and oxygen atoms in total. The Kier molecular flexibility index (Phi) is 4.34. The van der Waals surface area contributed by atoms with Gasteiger partial charge in [0.15, 0.2) is 0 Å². The number of hydrogen-bond acceptors (Lipinski definition) is 4. The van der Waals surface area contributed by atoms with Gasteiger partial charge in [-0.25, -0.2) is 10.9 Å². The number of nitrogens with one attached hydrogen (secondary N) is 3. The van der Waals surface area contributed by atoms with Gasteiger partial charge in [0.1, 0.15) is 6.04 Å². The molecular weight excluding hydrogens is 282 g/mol. The molecule has 2 atom stereocenters. The van der Waals surface area contributed by atoms with Gasteiger partial charge in [0, 0.05) is 10.9 Å². The molecule has 3 N–H and O–H groups in total. The maximum Gasteiger partial charge on any atom is 0.238 e. The molecule has 0 aliphatic carbocycles. The van der Waals surface area contributed by atoms with E-state index in [1.54, 1.807) is 11.3 Å². The lowest BCUT2D eigenvalue weighted by molar-refractivity contribution is -0.123. The molecule has 1 amide bonds. The van der Waals surface area contributed by atoms with Crippen molar-refractivity contribution < 1.29 is 4.79 Å². The summed E-state index contributed by atoms with van der Waals surface area (Å²) in [6.07, 6.45) is 0.763. The molecule has 1 aliphatic heterocycles. The van der Waals surface area contributed by atoms with E-state index in [2.05, 4.69) is 46.7 Å². The first kappa shape index (κ1) is 14.3. The average Bonchev–Trinajstić information content (AvgIpc) is 3.15. The second-order valence-corrected chi connectivity index (χ2v) is 6.29. The molecule has 5 heteroatoms. The quantitative estimate of drug-likeness (QED) is 0.812. The van der Waals surface area contributed by atoms with Crippen LogP contribution in [-0.4, -0.2) is 11.9 Å². The minimum absolute atomic E-state index is 0.0498.